The number of hydrazone groups is 1. The molecule has 6 nitrogen and oxygen atoms in total. The molecule has 0 aromatic carbocycles. The van der Waals surface area contributed by atoms with Crippen molar-refractivity contribution in [1.82, 2.24) is 5.01 Å². The van der Waals surface area contributed by atoms with Crippen molar-refractivity contribution in [2.75, 3.05) is 34.5 Å². The summed E-state index contributed by atoms with van der Waals surface area (Å²) in [6.07, 6.45) is 3.91. The van der Waals surface area contributed by atoms with Crippen LogP contribution in [0.25, 0.3) is 0 Å². The van der Waals surface area contributed by atoms with Gasteiger partial charge in [0.1, 0.15) is 0 Å². The maximum atomic E-state index is 11.9. The van der Waals surface area contributed by atoms with Crippen molar-refractivity contribution in [2.24, 2.45) is 16.4 Å². The number of rotatable bonds is 8. The van der Waals surface area contributed by atoms with Gasteiger partial charge in [-0.2, -0.15) is 5.10 Å². The van der Waals surface area contributed by atoms with Crippen LogP contribution in [-0.2, 0) is 19.0 Å². The Morgan fingerprint density at radius 3 is 2.14 bits per heavy atom. The highest BCUT2D eigenvalue weighted by atomic mass is 16.5. The smallest absolute Gasteiger partial charge is 0.311 e. The average molecular weight is 314 g/mol. The standard InChI is InChI=1S/C16H30N2O4/c1-12(16(2,3)15(19)22-6)9-17-18-13(10-20-4)7-8-14(18)11-21-5/h9,12-14H,7-8,10-11H2,1-6H3/b17-9+/t12?,13-,14-/m0/s1. The maximum Gasteiger partial charge on any atom is 0.311 e. The lowest BCUT2D eigenvalue weighted by atomic mass is 9.81. The Kier molecular flexibility index (Phi) is 7.29. The zero-order valence-electron chi connectivity index (χ0n) is 14.7. The second-order valence-electron chi connectivity index (χ2n) is 6.44. The molecule has 0 saturated carbocycles. The SMILES string of the molecule is COC[C@@H]1CC[C@@H](COC)N1/N=C/C(C)C(C)(C)C(=O)OC. The first-order valence-corrected chi connectivity index (χ1v) is 7.77. The zero-order valence-corrected chi connectivity index (χ0v) is 14.7. The molecule has 1 heterocycles. The number of nitrogens with zero attached hydrogens (tertiary/aromatic N) is 2. The van der Waals surface area contributed by atoms with E-state index in [9.17, 15) is 4.79 Å². The van der Waals surface area contributed by atoms with Gasteiger partial charge in [-0.1, -0.05) is 6.92 Å². The molecule has 22 heavy (non-hydrogen) atoms. The fourth-order valence-electron chi connectivity index (χ4n) is 2.65. The van der Waals surface area contributed by atoms with Gasteiger partial charge >= 0.3 is 5.97 Å². The van der Waals surface area contributed by atoms with E-state index in [-0.39, 0.29) is 24.0 Å². The molecule has 0 aliphatic carbocycles. The van der Waals surface area contributed by atoms with E-state index in [0.29, 0.717) is 13.2 Å². The Hall–Kier alpha value is -1.14. The maximum absolute atomic E-state index is 11.9. The first-order valence-electron chi connectivity index (χ1n) is 7.77. The van der Waals surface area contributed by atoms with E-state index in [2.05, 4.69) is 10.1 Å². The molecule has 0 amide bonds. The minimum absolute atomic E-state index is 0.0352. The Balaban J connectivity index is 2.80. The highest BCUT2D eigenvalue weighted by Gasteiger charge is 2.36. The molecule has 1 unspecified atom stereocenters. The van der Waals surface area contributed by atoms with Crippen molar-refractivity contribution in [3.05, 3.63) is 0 Å². The Morgan fingerprint density at radius 1 is 1.23 bits per heavy atom. The van der Waals surface area contributed by atoms with Crippen molar-refractivity contribution < 1.29 is 19.0 Å². The van der Waals surface area contributed by atoms with Gasteiger partial charge in [0.25, 0.3) is 0 Å². The van der Waals surface area contributed by atoms with Gasteiger partial charge in [0.15, 0.2) is 0 Å². The van der Waals surface area contributed by atoms with Crippen LogP contribution in [0.15, 0.2) is 5.10 Å². The van der Waals surface area contributed by atoms with Gasteiger partial charge in [-0.25, -0.2) is 0 Å². The zero-order chi connectivity index (χ0) is 16.8. The Labute approximate surface area is 133 Å². The molecule has 0 bridgehead atoms. The van der Waals surface area contributed by atoms with Gasteiger partial charge in [0, 0.05) is 26.4 Å². The highest BCUT2D eigenvalue weighted by molar-refractivity contribution is 5.80. The molecule has 1 fully saturated rings. The van der Waals surface area contributed by atoms with Gasteiger partial charge in [0.2, 0.25) is 0 Å². The molecule has 1 aliphatic heterocycles. The number of hydrogen-bond acceptors (Lipinski definition) is 6. The van der Waals surface area contributed by atoms with E-state index in [1.165, 1.54) is 7.11 Å². The molecular formula is C16H30N2O4. The van der Waals surface area contributed by atoms with E-state index < -0.39 is 5.41 Å². The van der Waals surface area contributed by atoms with Gasteiger partial charge in [-0.3, -0.25) is 9.80 Å². The van der Waals surface area contributed by atoms with E-state index in [1.54, 1.807) is 14.2 Å². The summed E-state index contributed by atoms with van der Waals surface area (Å²) < 4.78 is 15.4. The number of ether oxygens (including phenoxy) is 3. The van der Waals surface area contributed by atoms with Gasteiger partial charge < -0.3 is 14.2 Å². The lowest BCUT2D eigenvalue weighted by Gasteiger charge is -2.29. The number of carbonyl (C=O) groups excluding carboxylic acids is 1. The molecule has 0 radical (unpaired) electrons. The summed E-state index contributed by atoms with van der Waals surface area (Å²) in [5.41, 5.74) is -0.606. The van der Waals surface area contributed by atoms with Crippen LogP contribution in [0.1, 0.15) is 33.6 Å². The predicted molar refractivity (Wildman–Crippen MR) is 85.9 cm³/mol. The monoisotopic (exact) mass is 314 g/mol. The quantitative estimate of drug-likeness (QED) is 0.506. The van der Waals surface area contributed by atoms with Crippen LogP contribution in [0.5, 0.6) is 0 Å². The molecule has 1 aliphatic rings. The predicted octanol–water partition coefficient (Wildman–Crippen LogP) is 1.93. The molecule has 0 aromatic rings. The number of carbonyl (C=O) groups is 1. The third-order valence-electron chi connectivity index (χ3n) is 4.57. The third kappa shape index (κ3) is 4.43. The summed E-state index contributed by atoms with van der Waals surface area (Å²) >= 11 is 0. The topological polar surface area (TPSA) is 60.4 Å². The molecule has 1 saturated heterocycles. The molecular weight excluding hydrogens is 284 g/mol. The van der Waals surface area contributed by atoms with Crippen molar-refractivity contribution in [3.8, 4) is 0 Å². The molecule has 0 N–H and O–H groups in total. The molecule has 128 valence electrons. The molecule has 0 spiro atoms. The normalized spacial score (nSPS) is 24.0. The lowest BCUT2D eigenvalue weighted by molar-refractivity contribution is -0.152. The first-order chi connectivity index (χ1) is 10.4. The van der Waals surface area contributed by atoms with Crippen LogP contribution in [0.3, 0.4) is 0 Å². The van der Waals surface area contributed by atoms with Crippen molar-refractivity contribution >= 4 is 12.2 Å². The summed E-state index contributed by atoms with van der Waals surface area (Å²) in [6.45, 7) is 7.02. The van der Waals surface area contributed by atoms with Crippen molar-refractivity contribution in [1.29, 1.82) is 0 Å². The third-order valence-corrected chi connectivity index (χ3v) is 4.57. The molecule has 1 rings (SSSR count). The minimum atomic E-state index is -0.606. The van der Waals surface area contributed by atoms with Crippen molar-refractivity contribution in [3.63, 3.8) is 0 Å². The van der Waals surface area contributed by atoms with Crippen LogP contribution < -0.4 is 0 Å². The van der Waals surface area contributed by atoms with E-state index in [1.807, 2.05) is 27.0 Å². The van der Waals surface area contributed by atoms with Crippen LogP contribution >= 0.6 is 0 Å². The summed E-state index contributed by atoms with van der Waals surface area (Å²) in [6, 6.07) is 0.518. The summed E-state index contributed by atoms with van der Waals surface area (Å²) in [5, 5.41) is 6.71. The molecule has 0 aromatic heterocycles. The van der Waals surface area contributed by atoms with Crippen molar-refractivity contribution in [2.45, 2.75) is 45.7 Å². The minimum Gasteiger partial charge on any atom is -0.469 e. The summed E-state index contributed by atoms with van der Waals surface area (Å²) in [7, 11) is 4.82. The highest BCUT2D eigenvalue weighted by Crippen LogP contribution is 2.29. The van der Waals surface area contributed by atoms with Crippen LogP contribution in [0, 0.1) is 11.3 Å². The Morgan fingerprint density at radius 2 is 1.73 bits per heavy atom. The largest absolute Gasteiger partial charge is 0.469 e. The second kappa shape index (κ2) is 8.48. The number of methoxy groups -OCH3 is 3. The van der Waals surface area contributed by atoms with E-state index in [4.69, 9.17) is 14.2 Å². The number of esters is 1. The fourth-order valence-corrected chi connectivity index (χ4v) is 2.65. The van der Waals surface area contributed by atoms with Gasteiger partial charge in [-0.15, -0.1) is 0 Å². The van der Waals surface area contributed by atoms with E-state index >= 15 is 0 Å². The Bertz CT molecular complexity index is 370. The molecule has 6 heteroatoms. The second-order valence-corrected chi connectivity index (χ2v) is 6.44. The molecule has 3 atom stereocenters. The fraction of sp³-hybridized carbons (Fsp3) is 0.875. The van der Waals surface area contributed by atoms with Gasteiger partial charge in [-0.05, 0) is 26.7 Å². The lowest BCUT2D eigenvalue weighted by Crippen LogP contribution is -2.38. The van der Waals surface area contributed by atoms with Crippen LogP contribution in [0.2, 0.25) is 0 Å². The van der Waals surface area contributed by atoms with Gasteiger partial charge in [0.05, 0.1) is 37.8 Å². The summed E-state index contributed by atoms with van der Waals surface area (Å²) in [4.78, 5) is 11.9. The average Bonchev–Trinajstić information content (AvgIpc) is 2.86. The van der Waals surface area contributed by atoms with Crippen LogP contribution in [0.4, 0.5) is 0 Å². The first kappa shape index (κ1) is 18.9. The van der Waals surface area contributed by atoms with E-state index in [0.717, 1.165) is 12.8 Å². The van der Waals surface area contributed by atoms with Crippen LogP contribution in [-0.4, -0.2) is 63.8 Å². The number of hydrogen-bond donors (Lipinski definition) is 0. The summed E-state index contributed by atoms with van der Waals surface area (Å²) in [5.74, 6) is -0.262.